The van der Waals surface area contributed by atoms with Crippen LogP contribution in [-0.4, -0.2) is 56.5 Å². The number of halogens is 1. The third-order valence-corrected chi connectivity index (χ3v) is 7.68. The monoisotopic (exact) mass is 429 g/mol. The number of benzene rings is 1. The van der Waals surface area contributed by atoms with Crippen LogP contribution in [0.4, 0.5) is 5.69 Å². The molecule has 1 aliphatic heterocycles. The molecule has 0 bridgehead atoms. The van der Waals surface area contributed by atoms with Gasteiger partial charge in [-0.2, -0.15) is 0 Å². The first kappa shape index (κ1) is 20.9. The van der Waals surface area contributed by atoms with Crippen molar-refractivity contribution in [1.29, 1.82) is 0 Å². The third-order valence-electron chi connectivity index (χ3n) is 5.05. The summed E-state index contributed by atoms with van der Waals surface area (Å²) in [6.45, 7) is 1.26. The molecule has 2 fully saturated rings. The maximum atomic E-state index is 12.2. The van der Waals surface area contributed by atoms with E-state index < -0.39 is 21.8 Å². The van der Waals surface area contributed by atoms with Gasteiger partial charge in [-0.15, -0.1) is 0 Å². The highest BCUT2D eigenvalue weighted by Gasteiger charge is 2.41. The number of carbonyl (C=O) groups excluding carboxylic acids is 2. The van der Waals surface area contributed by atoms with Gasteiger partial charge in [0, 0.05) is 24.7 Å². The number of nitrogens with zero attached hydrogens (tertiary/aromatic N) is 1. The minimum atomic E-state index is -3.14. The Morgan fingerprint density at radius 2 is 1.86 bits per heavy atom. The van der Waals surface area contributed by atoms with Crippen LogP contribution in [0, 0.1) is 5.92 Å². The lowest BCUT2D eigenvalue weighted by atomic mass is 9.98. The minimum Gasteiger partial charge on any atom is -0.495 e. The van der Waals surface area contributed by atoms with Crippen molar-refractivity contribution in [1.82, 2.24) is 9.62 Å². The van der Waals surface area contributed by atoms with E-state index in [1.165, 1.54) is 13.2 Å². The van der Waals surface area contributed by atoms with Crippen LogP contribution in [0.25, 0.3) is 0 Å². The molecule has 0 unspecified atom stereocenters. The van der Waals surface area contributed by atoms with Crippen molar-refractivity contribution < 1.29 is 22.7 Å². The molecule has 1 aromatic rings. The molecule has 3 rings (SSSR count). The summed E-state index contributed by atoms with van der Waals surface area (Å²) in [6.07, 6.45) is 2.83. The average molecular weight is 430 g/mol. The Morgan fingerprint density at radius 3 is 2.46 bits per heavy atom. The summed E-state index contributed by atoms with van der Waals surface area (Å²) in [4.78, 5) is 24.2. The van der Waals surface area contributed by atoms with Crippen LogP contribution in [0.15, 0.2) is 18.2 Å². The number of ether oxygens (including phenoxy) is 1. The molecule has 0 radical (unpaired) electrons. The Balaban J connectivity index is 1.46. The van der Waals surface area contributed by atoms with Crippen molar-refractivity contribution >= 4 is 39.1 Å². The summed E-state index contributed by atoms with van der Waals surface area (Å²) < 4.78 is 31.2. The van der Waals surface area contributed by atoms with Gasteiger partial charge in [0.05, 0.1) is 18.0 Å². The summed E-state index contributed by atoms with van der Waals surface area (Å²) in [7, 11) is -1.69. The van der Waals surface area contributed by atoms with E-state index in [1.807, 2.05) is 0 Å². The van der Waals surface area contributed by atoms with Crippen molar-refractivity contribution in [2.45, 2.75) is 30.9 Å². The van der Waals surface area contributed by atoms with Crippen LogP contribution >= 0.6 is 11.6 Å². The Labute approximate surface area is 169 Å². The predicted octanol–water partition coefficient (Wildman–Crippen LogP) is 1.61. The highest BCUT2D eigenvalue weighted by molar-refractivity contribution is 7.90. The number of rotatable bonds is 6. The maximum absolute atomic E-state index is 12.2. The lowest BCUT2D eigenvalue weighted by Crippen LogP contribution is -2.44. The summed E-state index contributed by atoms with van der Waals surface area (Å²) >= 11 is 5.91. The molecule has 8 nitrogen and oxygen atoms in total. The van der Waals surface area contributed by atoms with Gasteiger partial charge < -0.3 is 15.4 Å². The van der Waals surface area contributed by atoms with Crippen LogP contribution in [0.1, 0.15) is 25.7 Å². The Hall–Kier alpha value is -1.84. The molecule has 2 aliphatic rings. The Morgan fingerprint density at radius 1 is 1.18 bits per heavy atom. The van der Waals surface area contributed by atoms with Crippen molar-refractivity contribution in [2.75, 3.05) is 32.1 Å². The van der Waals surface area contributed by atoms with Crippen LogP contribution in [0.5, 0.6) is 5.75 Å². The van der Waals surface area contributed by atoms with Gasteiger partial charge in [0.25, 0.3) is 0 Å². The van der Waals surface area contributed by atoms with Gasteiger partial charge >= 0.3 is 11.8 Å². The number of piperidine rings is 1. The topological polar surface area (TPSA) is 105 Å². The number of anilines is 1. The SMILES string of the molecule is COc1ccc(Cl)cc1NC(=O)C(=O)NCC1CCN(S(=O)(=O)C2CC2)CC1. The van der Waals surface area contributed by atoms with Crippen molar-refractivity contribution in [3.05, 3.63) is 23.2 Å². The standard InChI is InChI=1S/C18H24ClN3O5S/c1-27-16-5-2-13(19)10-15(16)21-18(24)17(23)20-11-12-6-8-22(9-7-12)28(25,26)14-3-4-14/h2,5,10,12,14H,3-4,6-9,11H2,1H3,(H,20,23)(H,21,24). The van der Waals surface area contributed by atoms with Gasteiger partial charge in [0.1, 0.15) is 5.75 Å². The fourth-order valence-electron chi connectivity index (χ4n) is 3.22. The predicted molar refractivity (Wildman–Crippen MR) is 106 cm³/mol. The zero-order chi connectivity index (χ0) is 20.3. The van der Waals surface area contributed by atoms with Crippen LogP contribution in [0.3, 0.4) is 0 Å². The van der Waals surface area contributed by atoms with Gasteiger partial charge in [-0.25, -0.2) is 12.7 Å². The summed E-state index contributed by atoms with van der Waals surface area (Å²) in [6, 6.07) is 4.72. The molecule has 2 amide bonds. The number of hydrogen-bond donors (Lipinski definition) is 2. The number of carbonyl (C=O) groups is 2. The summed E-state index contributed by atoms with van der Waals surface area (Å²) in [5.74, 6) is -1.03. The molecule has 154 valence electrons. The average Bonchev–Trinajstić information content (AvgIpc) is 3.52. The highest BCUT2D eigenvalue weighted by Crippen LogP contribution is 2.33. The van der Waals surface area contributed by atoms with E-state index in [0.717, 1.165) is 12.8 Å². The lowest BCUT2D eigenvalue weighted by Gasteiger charge is -2.31. The fraction of sp³-hybridized carbons (Fsp3) is 0.556. The van der Waals surface area contributed by atoms with Gasteiger partial charge in [-0.3, -0.25) is 9.59 Å². The second-order valence-electron chi connectivity index (χ2n) is 7.10. The maximum Gasteiger partial charge on any atom is 0.313 e. The number of nitrogens with one attached hydrogen (secondary N) is 2. The molecule has 1 saturated carbocycles. The number of sulfonamides is 1. The third kappa shape index (κ3) is 4.95. The molecular weight excluding hydrogens is 406 g/mol. The zero-order valence-electron chi connectivity index (χ0n) is 15.6. The van der Waals surface area contributed by atoms with E-state index in [-0.39, 0.29) is 11.2 Å². The molecule has 2 N–H and O–H groups in total. The Kier molecular flexibility index (Phi) is 6.47. The van der Waals surface area contributed by atoms with Crippen molar-refractivity contribution in [3.63, 3.8) is 0 Å². The molecular formula is C18H24ClN3O5S. The van der Waals surface area contributed by atoms with Crippen LogP contribution < -0.4 is 15.4 Å². The van der Waals surface area contributed by atoms with Crippen molar-refractivity contribution in [3.8, 4) is 5.75 Å². The van der Waals surface area contributed by atoms with E-state index in [9.17, 15) is 18.0 Å². The first-order valence-electron chi connectivity index (χ1n) is 9.23. The molecule has 1 heterocycles. The Bertz CT molecular complexity index is 849. The zero-order valence-corrected chi connectivity index (χ0v) is 17.2. The smallest absolute Gasteiger partial charge is 0.313 e. The van der Waals surface area contributed by atoms with Gasteiger partial charge in [-0.05, 0) is 49.8 Å². The number of methoxy groups -OCH3 is 1. The lowest BCUT2D eigenvalue weighted by molar-refractivity contribution is -0.136. The second-order valence-corrected chi connectivity index (χ2v) is 9.74. The second kappa shape index (κ2) is 8.67. The normalized spacial score (nSPS) is 18.5. The molecule has 0 spiro atoms. The van der Waals surface area contributed by atoms with Gasteiger partial charge in [0.15, 0.2) is 0 Å². The largest absolute Gasteiger partial charge is 0.495 e. The van der Waals surface area contributed by atoms with E-state index in [1.54, 1.807) is 16.4 Å². The molecule has 10 heteroatoms. The van der Waals surface area contributed by atoms with Gasteiger partial charge in [0.2, 0.25) is 10.0 Å². The van der Waals surface area contributed by atoms with Crippen LogP contribution in [-0.2, 0) is 19.6 Å². The summed E-state index contributed by atoms with van der Waals surface area (Å²) in [5.41, 5.74) is 0.314. The van der Waals surface area contributed by atoms with E-state index in [0.29, 0.717) is 48.9 Å². The highest BCUT2D eigenvalue weighted by atomic mass is 35.5. The summed E-state index contributed by atoms with van der Waals surface area (Å²) in [5, 5.41) is 5.32. The van der Waals surface area contributed by atoms with Gasteiger partial charge in [-0.1, -0.05) is 11.6 Å². The van der Waals surface area contributed by atoms with Crippen molar-refractivity contribution in [2.24, 2.45) is 5.92 Å². The molecule has 0 aromatic heterocycles. The van der Waals surface area contributed by atoms with E-state index in [2.05, 4.69) is 10.6 Å². The molecule has 1 aliphatic carbocycles. The first-order valence-corrected chi connectivity index (χ1v) is 11.1. The number of hydrogen-bond acceptors (Lipinski definition) is 5. The molecule has 28 heavy (non-hydrogen) atoms. The number of amides is 2. The van der Waals surface area contributed by atoms with Crippen LogP contribution in [0.2, 0.25) is 5.02 Å². The quantitative estimate of drug-likeness (QED) is 0.668. The minimum absolute atomic E-state index is 0.142. The van der Waals surface area contributed by atoms with E-state index in [4.69, 9.17) is 16.3 Å². The molecule has 1 saturated heterocycles. The van der Waals surface area contributed by atoms with E-state index >= 15 is 0 Å². The first-order chi connectivity index (χ1) is 13.3. The molecule has 1 aromatic carbocycles. The fourth-order valence-corrected chi connectivity index (χ4v) is 5.26. The molecule has 0 atom stereocenters.